The smallest absolute Gasteiger partial charge is 0.336 e. The van der Waals surface area contributed by atoms with Gasteiger partial charge in [-0.1, -0.05) is 6.92 Å². The van der Waals surface area contributed by atoms with Crippen molar-refractivity contribution in [1.82, 2.24) is 19.9 Å². The number of Topliss-reactive ketones (excluding diaryl/α,β-unsaturated/α-hetero) is 1. The number of hydrogen-bond donors (Lipinski definition) is 5. The molecule has 0 saturated heterocycles. The Morgan fingerprint density at radius 1 is 0.971 bits per heavy atom. The molecule has 0 bridgehead atoms. The van der Waals surface area contributed by atoms with Crippen LogP contribution < -0.4 is 43.8 Å². The van der Waals surface area contributed by atoms with Crippen LogP contribution in [0.25, 0.3) is 11.2 Å². The second-order valence-electron chi connectivity index (χ2n) is 7.58. The monoisotopic (exact) mass is 482 g/mol. The van der Waals surface area contributed by atoms with Gasteiger partial charge in [0.1, 0.15) is 0 Å². The molecule has 0 radical (unpaired) electrons. The van der Waals surface area contributed by atoms with Crippen LogP contribution in [-0.4, -0.2) is 50.9 Å². The van der Waals surface area contributed by atoms with Gasteiger partial charge in [0.25, 0.3) is 5.95 Å². The van der Waals surface area contributed by atoms with E-state index in [9.17, 15) is 14.4 Å². The highest BCUT2D eigenvalue weighted by molar-refractivity contribution is 6.00. The number of benzene rings is 1. The Labute approximate surface area is 199 Å². The number of fused-ring (bicyclic) bond motifs is 1. The van der Waals surface area contributed by atoms with Crippen LogP contribution >= 0.6 is 0 Å². The number of amides is 4. The summed E-state index contributed by atoms with van der Waals surface area (Å²) in [4.78, 5) is 54.0. The van der Waals surface area contributed by atoms with Gasteiger partial charge in [0.2, 0.25) is 0 Å². The highest BCUT2D eigenvalue weighted by Gasteiger charge is 2.22. The number of urea groups is 2. The van der Waals surface area contributed by atoms with Gasteiger partial charge in [-0.25, -0.2) is 36.3 Å². The van der Waals surface area contributed by atoms with E-state index in [0.717, 1.165) is 5.69 Å². The van der Waals surface area contributed by atoms with E-state index in [-0.39, 0.29) is 35.3 Å². The number of hydrazine groups is 2. The van der Waals surface area contributed by atoms with Crippen LogP contribution in [0.1, 0.15) is 29.4 Å². The zero-order valence-electron chi connectivity index (χ0n) is 19.1. The fraction of sp³-hybridized carbons (Fsp3) is 0.250. The number of carbonyl (C=O) groups excluding carboxylic acids is 3. The van der Waals surface area contributed by atoms with Crippen LogP contribution in [0.15, 0.2) is 30.5 Å². The number of hydrogen-bond acceptors (Lipinski definition) is 11. The normalized spacial score (nSPS) is 11.7. The first-order valence-corrected chi connectivity index (χ1v) is 10.4. The van der Waals surface area contributed by atoms with Crippen molar-refractivity contribution in [3.63, 3.8) is 0 Å². The second kappa shape index (κ2) is 10.2. The molecule has 15 nitrogen and oxygen atoms in total. The van der Waals surface area contributed by atoms with Crippen molar-refractivity contribution in [3.8, 4) is 0 Å². The minimum atomic E-state index is -1.05. The summed E-state index contributed by atoms with van der Waals surface area (Å²) in [6.07, 6.45) is 2.00. The summed E-state index contributed by atoms with van der Waals surface area (Å²) in [6, 6.07) is 4.37. The largest absolute Gasteiger partial charge is 0.369 e. The fourth-order valence-corrected chi connectivity index (χ4v) is 3.09. The van der Waals surface area contributed by atoms with Crippen molar-refractivity contribution in [2.45, 2.75) is 25.9 Å². The lowest BCUT2D eigenvalue weighted by Crippen LogP contribution is -2.45. The van der Waals surface area contributed by atoms with Gasteiger partial charge >= 0.3 is 12.1 Å². The minimum absolute atomic E-state index is 0.0000636. The first-order chi connectivity index (χ1) is 16.5. The number of aromatic nitrogens is 4. The number of anilines is 3. The van der Waals surface area contributed by atoms with E-state index in [1.807, 2.05) is 18.9 Å². The first kappa shape index (κ1) is 25.2. The molecular formula is C20H26N12O3. The number of carbonyl (C=O) groups is 3. The predicted octanol–water partition coefficient (Wildman–Crippen LogP) is -0.506. The van der Waals surface area contributed by atoms with Gasteiger partial charge < -0.3 is 22.1 Å². The van der Waals surface area contributed by atoms with E-state index in [1.165, 1.54) is 6.20 Å². The summed E-state index contributed by atoms with van der Waals surface area (Å²) in [5, 5.41) is 0.990. The van der Waals surface area contributed by atoms with Gasteiger partial charge in [-0.3, -0.25) is 4.79 Å². The van der Waals surface area contributed by atoms with Crippen LogP contribution in [-0.2, 0) is 6.54 Å². The lowest BCUT2D eigenvalue weighted by molar-refractivity contribution is 0.0959. The van der Waals surface area contributed by atoms with Crippen LogP contribution in [0.3, 0.4) is 0 Å². The molecule has 0 aliphatic carbocycles. The van der Waals surface area contributed by atoms with Gasteiger partial charge in [-0.2, -0.15) is 15.0 Å². The summed E-state index contributed by atoms with van der Waals surface area (Å²) >= 11 is 0. The molecule has 10 N–H and O–H groups in total. The maximum atomic E-state index is 12.3. The number of nitrogens with zero attached hydrogens (tertiary/aromatic N) is 7. The zero-order chi connectivity index (χ0) is 25.9. The minimum Gasteiger partial charge on any atom is -0.369 e. The zero-order valence-corrected chi connectivity index (χ0v) is 19.1. The summed E-state index contributed by atoms with van der Waals surface area (Å²) in [5.41, 5.74) is 18.1. The molecule has 3 rings (SSSR count). The third-order valence-electron chi connectivity index (χ3n) is 5.11. The summed E-state index contributed by atoms with van der Waals surface area (Å²) < 4.78 is 0. The molecule has 3 aromatic rings. The molecule has 1 unspecified atom stereocenters. The van der Waals surface area contributed by atoms with Gasteiger partial charge in [0.15, 0.2) is 22.8 Å². The van der Waals surface area contributed by atoms with Crippen molar-refractivity contribution in [2.75, 3.05) is 22.0 Å². The van der Waals surface area contributed by atoms with E-state index < -0.39 is 18.1 Å². The fourth-order valence-electron chi connectivity index (χ4n) is 3.09. The molecule has 0 spiro atoms. The van der Waals surface area contributed by atoms with Crippen LogP contribution in [0.5, 0.6) is 0 Å². The van der Waals surface area contributed by atoms with Crippen molar-refractivity contribution in [2.24, 2.45) is 28.9 Å². The Balaban J connectivity index is 1.93. The number of primary amides is 2. The highest BCUT2D eigenvalue weighted by Crippen LogP contribution is 2.23. The van der Waals surface area contributed by atoms with Crippen molar-refractivity contribution in [1.29, 1.82) is 0 Å². The molecule has 4 amide bonds. The SMILES string of the molecule is CCC(N)C(=O)c1ccc(N(C)Cc2cnc3nc(N(N)C(N)=O)nc(N(N)C(N)=O)c3n2)cc1. The first-order valence-electron chi connectivity index (χ1n) is 10.4. The van der Waals surface area contributed by atoms with Crippen molar-refractivity contribution < 1.29 is 14.4 Å². The van der Waals surface area contributed by atoms with Crippen molar-refractivity contribution in [3.05, 3.63) is 41.7 Å². The predicted molar refractivity (Wildman–Crippen MR) is 129 cm³/mol. The summed E-state index contributed by atoms with van der Waals surface area (Å²) in [6.45, 7) is 2.14. The Kier molecular flexibility index (Phi) is 7.34. The Hall–Kier alpha value is -4.47. The van der Waals surface area contributed by atoms with Crippen LogP contribution in [0.2, 0.25) is 0 Å². The molecule has 15 heteroatoms. The van der Waals surface area contributed by atoms with Crippen LogP contribution in [0.4, 0.5) is 27.0 Å². The third kappa shape index (κ3) is 5.37. The lowest BCUT2D eigenvalue weighted by atomic mass is 10.0. The standard InChI is InChI=1S/C20H26N12O3/c1-3-13(21)15(33)10-4-6-12(7-5-10)30(2)9-11-8-26-16-14(27-11)17(31(24)18(22)34)29-20(28-16)32(25)19(23)35/h4-8,13H,3,9,21,24-25H2,1-2H3,(H2,22,34)(H2,23,35). The van der Waals surface area contributed by atoms with E-state index in [0.29, 0.717) is 27.7 Å². The van der Waals surface area contributed by atoms with Gasteiger partial charge in [-0.15, -0.1) is 0 Å². The molecule has 0 aliphatic heterocycles. The molecule has 2 aromatic heterocycles. The van der Waals surface area contributed by atoms with Crippen molar-refractivity contribution >= 4 is 46.5 Å². The summed E-state index contributed by atoms with van der Waals surface area (Å²) in [7, 11) is 1.82. The van der Waals surface area contributed by atoms with E-state index in [4.69, 9.17) is 28.9 Å². The van der Waals surface area contributed by atoms with Gasteiger partial charge in [-0.05, 0) is 30.7 Å². The van der Waals surface area contributed by atoms with Crippen LogP contribution in [0, 0.1) is 0 Å². The van der Waals surface area contributed by atoms with E-state index in [2.05, 4.69) is 19.9 Å². The molecule has 0 saturated carbocycles. The van der Waals surface area contributed by atoms with E-state index in [1.54, 1.807) is 24.3 Å². The van der Waals surface area contributed by atoms with Gasteiger partial charge in [0, 0.05) is 18.3 Å². The van der Waals surface area contributed by atoms with E-state index >= 15 is 0 Å². The average molecular weight is 483 g/mol. The maximum Gasteiger partial charge on any atom is 0.336 e. The molecular weight excluding hydrogens is 456 g/mol. The maximum absolute atomic E-state index is 12.3. The van der Waals surface area contributed by atoms with Gasteiger partial charge in [0.05, 0.1) is 24.5 Å². The molecule has 1 aromatic carbocycles. The Bertz CT molecular complexity index is 1270. The highest BCUT2D eigenvalue weighted by atomic mass is 16.2. The number of ketones is 1. The molecule has 184 valence electrons. The molecule has 0 aliphatic rings. The molecule has 35 heavy (non-hydrogen) atoms. The Morgan fingerprint density at radius 3 is 2.17 bits per heavy atom. The second-order valence-corrected chi connectivity index (χ2v) is 7.58. The number of nitrogens with two attached hydrogens (primary N) is 5. The average Bonchev–Trinajstić information content (AvgIpc) is 2.86. The molecule has 2 heterocycles. The third-order valence-corrected chi connectivity index (χ3v) is 5.11. The topological polar surface area (TPSA) is 243 Å². The quantitative estimate of drug-likeness (QED) is 0.118. The molecule has 1 atom stereocenters. The molecule has 0 fully saturated rings. The number of rotatable bonds is 8. The lowest BCUT2D eigenvalue weighted by Gasteiger charge is -2.20. The summed E-state index contributed by atoms with van der Waals surface area (Å²) in [5.74, 6) is 10.6. The Morgan fingerprint density at radius 2 is 1.60 bits per heavy atom.